The molecule has 2 aromatic rings. The first-order valence-electron chi connectivity index (χ1n) is 4.91. The molecule has 3 N–H and O–H groups in total. The van der Waals surface area contributed by atoms with Crippen LogP contribution in [0.3, 0.4) is 0 Å². The molecule has 17 heavy (non-hydrogen) atoms. The van der Waals surface area contributed by atoms with Gasteiger partial charge in [-0.05, 0) is 12.1 Å². The molecule has 0 saturated heterocycles. The molecule has 0 spiro atoms. The second-order valence-electron chi connectivity index (χ2n) is 3.42. The van der Waals surface area contributed by atoms with Gasteiger partial charge >= 0.3 is 0 Å². The van der Waals surface area contributed by atoms with E-state index in [0.29, 0.717) is 0 Å². The van der Waals surface area contributed by atoms with Crippen molar-refractivity contribution in [1.29, 1.82) is 0 Å². The topological polar surface area (TPSA) is 78.0 Å². The molecule has 1 heterocycles. The Kier molecular flexibility index (Phi) is 3.04. The van der Waals surface area contributed by atoms with E-state index in [1.807, 2.05) is 0 Å². The van der Waals surface area contributed by atoms with Gasteiger partial charge in [0, 0.05) is 12.3 Å². The number of nitrogens with one attached hydrogen (secondary N) is 2. The lowest BCUT2D eigenvalue weighted by Gasteiger charge is -2.05. The van der Waals surface area contributed by atoms with Gasteiger partial charge in [0.1, 0.15) is 11.6 Å². The quantitative estimate of drug-likeness (QED) is 0.747. The Hall–Kier alpha value is -2.37. The van der Waals surface area contributed by atoms with Gasteiger partial charge < -0.3 is 15.4 Å². The number of hydrogen-bond acceptors (Lipinski definition) is 3. The van der Waals surface area contributed by atoms with Gasteiger partial charge in [-0.1, -0.05) is 0 Å². The normalized spacial score (nSPS) is 10.2. The van der Waals surface area contributed by atoms with Gasteiger partial charge in [-0.3, -0.25) is 4.79 Å². The number of carbonyl (C=O) groups excluding carboxylic acids is 1. The molecular formula is C11H10FN3O2. The van der Waals surface area contributed by atoms with Gasteiger partial charge in [0.2, 0.25) is 0 Å². The molecule has 0 radical (unpaired) electrons. The van der Waals surface area contributed by atoms with Crippen LogP contribution in [0.25, 0.3) is 0 Å². The minimum Gasteiger partial charge on any atom is -0.508 e. The minimum absolute atomic E-state index is 0.109. The highest BCUT2D eigenvalue weighted by molar-refractivity contribution is 5.94. The number of phenolic OH excluding ortho intramolecular Hbond substituents is 1. The number of imidazole rings is 1. The number of hydrogen-bond donors (Lipinski definition) is 3. The van der Waals surface area contributed by atoms with Crippen LogP contribution in [0.1, 0.15) is 16.1 Å². The number of carbonyl (C=O) groups is 1. The van der Waals surface area contributed by atoms with E-state index < -0.39 is 11.7 Å². The summed E-state index contributed by atoms with van der Waals surface area (Å²) in [4.78, 5) is 18.2. The van der Waals surface area contributed by atoms with E-state index in [2.05, 4.69) is 15.3 Å². The molecule has 1 amide bonds. The number of aromatic amines is 1. The van der Waals surface area contributed by atoms with E-state index in [1.54, 1.807) is 6.20 Å². The van der Waals surface area contributed by atoms with Gasteiger partial charge in [-0.2, -0.15) is 0 Å². The van der Waals surface area contributed by atoms with Crippen LogP contribution in [0, 0.1) is 5.82 Å². The van der Waals surface area contributed by atoms with Gasteiger partial charge in [0.05, 0.1) is 24.1 Å². The van der Waals surface area contributed by atoms with Crippen molar-refractivity contribution >= 4 is 5.91 Å². The van der Waals surface area contributed by atoms with Crippen molar-refractivity contribution in [3.8, 4) is 5.75 Å². The predicted molar refractivity (Wildman–Crippen MR) is 57.8 cm³/mol. The molecule has 0 unspecified atom stereocenters. The Labute approximate surface area is 96.3 Å². The van der Waals surface area contributed by atoms with Crippen molar-refractivity contribution in [2.24, 2.45) is 0 Å². The standard InChI is InChI=1S/C11H10FN3O2/c12-10-3-8(16)1-2-9(10)11(17)14-5-7-4-13-6-15-7/h1-4,6,16H,5H2,(H,13,15)(H,14,17). The third kappa shape index (κ3) is 2.60. The van der Waals surface area contributed by atoms with Crippen LogP contribution in [0.15, 0.2) is 30.7 Å². The summed E-state index contributed by atoms with van der Waals surface area (Å²) in [5.74, 6) is -1.52. The van der Waals surface area contributed by atoms with Gasteiger partial charge in [-0.15, -0.1) is 0 Å². The number of nitrogens with zero attached hydrogens (tertiary/aromatic N) is 1. The highest BCUT2D eigenvalue weighted by Gasteiger charge is 2.11. The average Bonchev–Trinajstić information content (AvgIpc) is 2.78. The molecule has 0 aliphatic carbocycles. The SMILES string of the molecule is O=C(NCc1cnc[nH]1)c1ccc(O)cc1F. The van der Waals surface area contributed by atoms with Crippen molar-refractivity contribution in [2.75, 3.05) is 0 Å². The molecule has 0 atom stereocenters. The molecule has 1 aromatic carbocycles. The van der Waals surface area contributed by atoms with Crippen molar-refractivity contribution in [2.45, 2.75) is 6.54 Å². The second-order valence-corrected chi connectivity index (χ2v) is 3.42. The fourth-order valence-electron chi connectivity index (χ4n) is 1.34. The molecule has 0 bridgehead atoms. The van der Waals surface area contributed by atoms with Crippen LogP contribution in [0.5, 0.6) is 5.75 Å². The summed E-state index contributed by atoms with van der Waals surface area (Å²) in [5, 5.41) is 11.5. The maximum atomic E-state index is 13.3. The minimum atomic E-state index is -0.757. The Morgan fingerprint density at radius 3 is 3.00 bits per heavy atom. The van der Waals surface area contributed by atoms with Gasteiger partial charge in [0.25, 0.3) is 5.91 Å². The van der Waals surface area contributed by atoms with Crippen molar-refractivity contribution in [3.63, 3.8) is 0 Å². The first-order valence-corrected chi connectivity index (χ1v) is 4.91. The molecule has 0 fully saturated rings. The molecule has 1 aromatic heterocycles. The number of phenols is 1. The average molecular weight is 235 g/mol. The smallest absolute Gasteiger partial charge is 0.254 e. The van der Waals surface area contributed by atoms with Crippen molar-refractivity contribution < 1.29 is 14.3 Å². The molecule has 6 heteroatoms. The van der Waals surface area contributed by atoms with Gasteiger partial charge in [-0.25, -0.2) is 9.37 Å². The van der Waals surface area contributed by atoms with Crippen LogP contribution in [0.2, 0.25) is 0 Å². The Morgan fingerprint density at radius 2 is 2.35 bits per heavy atom. The fraction of sp³-hybridized carbons (Fsp3) is 0.0909. The number of aromatic hydroxyl groups is 1. The molecule has 0 saturated carbocycles. The largest absolute Gasteiger partial charge is 0.508 e. The number of amides is 1. The van der Waals surface area contributed by atoms with Crippen LogP contribution in [-0.2, 0) is 6.54 Å². The summed E-state index contributed by atoms with van der Waals surface area (Å²) in [6, 6.07) is 3.38. The van der Waals surface area contributed by atoms with Crippen LogP contribution < -0.4 is 5.32 Å². The van der Waals surface area contributed by atoms with E-state index in [4.69, 9.17) is 5.11 Å². The van der Waals surface area contributed by atoms with Crippen LogP contribution in [0.4, 0.5) is 4.39 Å². The number of H-pyrrole nitrogens is 1. The van der Waals surface area contributed by atoms with E-state index in [9.17, 15) is 9.18 Å². The van der Waals surface area contributed by atoms with E-state index in [-0.39, 0.29) is 17.9 Å². The zero-order chi connectivity index (χ0) is 12.3. The summed E-state index contributed by atoms with van der Waals surface area (Å²) in [6.07, 6.45) is 3.05. The number of benzene rings is 1. The molecule has 5 nitrogen and oxygen atoms in total. The van der Waals surface area contributed by atoms with Crippen LogP contribution >= 0.6 is 0 Å². The lowest BCUT2D eigenvalue weighted by Crippen LogP contribution is -2.23. The van der Waals surface area contributed by atoms with E-state index in [1.165, 1.54) is 18.5 Å². The maximum Gasteiger partial charge on any atom is 0.254 e. The van der Waals surface area contributed by atoms with Crippen LogP contribution in [-0.4, -0.2) is 21.0 Å². The number of aromatic nitrogens is 2. The third-order valence-corrected chi connectivity index (χ3v) is 2.19. The van der Waals surface area contributed by atoms with E-state index >= 15 is 0 Å². The summed E-state index contributed by atoms with van der Waals surface area (Å²) in [5.41, 5.74) is 0.611. The summed E-state index contributed by atoms with van der Waals surface area (Å²) in [6.45, 7) is 0.235. The molecule has 0 aliphatic heterocycles. The number of halogens is 1. The molecule has 88 valence electrons. The first-order chi connectivity index (χ1) is 8.16. The molecule has 0 aliphatic rings. The zero-order valence-electron chi connectivity index (χ0n) is 8.77. The number of rotatable bonds is 3. The summed E-state index contributed by atoms with van der Waals surface area (Å²) < 4.78 is 13.3. The lowest BCUT2D eigenvalue weighted by atomic mass is 10.2. The van der Waals surface area contributed by atoms with Crippen molar-refractivity contribution in [1.82, 2.24) is 15.3 Å². The Bertz CT molecular complexity index is 526. The van der Waals surface area contributed by atoms with Crippen molar-refractivity contribution in [3.05, 3.63) is 47.8 Å². The highest BCUT2D eigenvalue weighted by Crippen LogP contribution is 2.14. The highest BCUT2D eigenvalue weighted by atomic mass is 19.1. The second kappa shape index (κ2) is 4.65. The molecular weight excluding hydrogens is 225 g/mol. The fourth-order valence-corrected chi connectivity index (χ4v) is 1.34. The molecule has 2 rings (SSSR count). The maximum absolute atomic E-state index is 13.3. The first kappa shape index (κ1) is 11.1. The lowest BCUT2D eigenvalue weighted by molar-refractivity contribution is 0.0946. The Morgan fingerprint density at radius 1 is 1.53 bits per heavy atom. The Balaban J connectivity index is 2.04. The predicted octanol–water partition coefficient (Wildman–Crippen LogP) is 1.18. The van der Waals surface area contributed by atoms with Gasteiger partial charge in [0.15, 0.2) is 0 Å². The van der Waals surface area contributed by atoms with E-state index in [0.717, 1.165) is 11.8 Å². The zero-order valence-corrected chi connectivity index (χ0v) is 8.77. The third-order valence-electron chi connectivity index (χ3n) is 2.19. The summed E-state index contributed by atoms with van der Waals surface area (Å²) >= 11 is 0. The monoisotopic (exact) mass is 235 g/mol. The summed E-state index contributed by atoms with van der Waals surface area (Å²) in [7, 11) is 0.